The molecule has 0 saturated carbocycles. The lowest BCUT2D eigenvalue weighted by atomic mass is 10.2. The first-order valence-electron chi connectivity index (χ1n) is 8.77. The average molecular weight is 491 g/mol. The molecule has 0 radical (unpaired) electrons. The van der Waals surface area contributed by atoms with Gasteiger partial charge in [0.15, 0.2) is 16.6 Å². The number of carbonyl (C=O) groups excluding carboxylic acids is 1. The minimum Gasteiger partial charge on any atom is -0.493 e. The lowest BCUT2D eigenvalue weighted by Gasteiger charge is -2.22. The quantitative estimate of drug-likeness (QED) is 0.453. The van der Waals surface area contributed by atoms with Gasteiger partial charge in [0.1, 0.15) is 0 Å². The zero-order chi connectivity index (χ0) is 21.1. The van der Waals surface area contributed by atoms with E-state index in [1.165, 1.54) is 11.3 Å². The van der Waals surface area contributed by atoms with E-state index >= 15 is 0 Å². The van der Waals surface area contributed by atoms with Gasteiger partial charge in [-0.2, -0.15) is 0 Å². The van der Waals surface area contributed by atoms with E-state index in [1.807, 2.05) is 25.1 Å². The number of thiazole rings is 1. The zero-order valence-electron chi connectivity index (χ0n) is 16.9. The number of aromatic nitrogens is 1. The summed E-state index contributed by atoms with van der Waals surface area (Å²) < 4.78 is 11.6. The van der Waals surface area contributed by atoms with Crippen LogP contribution >= 0.6 is 46.9 Å². The van der Waals surface area contributed by atoms with Crippen LogP contribution in [0.1, 0.15) is 10.4 Å². The van der Waals surface area contributed by atoms with E-state index in [0.29, 0.717) is 45.3 Å². The van der Waals surface area contributed by atoms with E-state index < -0.39 is 0 Å². The molecule has 6 nitrogen and oxygen atoms in total. The van der Waals surface area contributed by atoms with E-state index in [2.05, 4.69) is 4.98 Å². The highest BCUT2D eigenvalue weighted by Crippen LogP contribution is 2.37. The minimum atomic E-state index is -0.214. The number of fused-ring (bicyclic) bond motifs is 1. The summed E-state index contributed by atoms with van der Waals surface area (Å²) in [7, 11) is 7.06. The molecule has 3 aromatic rings. The van der Waals surface area contributed by atoms with Crippen molar-refractivity contribution in [3.63, 3.8) is 0 Å². The Morgan fingerprint density at radius 3 is 2.17 bits per heavy atom. The summed E-state index contributed by atoms with van der Waals surface area (Å²) in [6, 6.07) is 8.48. The summed E-state index contributed by atoms with van der Waals surface area (Å²) in [5.74, 6) is 0.988. The molecule has 0 saturated heterocycles. The van der Waals surface area contributed by atoms with Crippen LogP contribution in [-0.2, 0) is 0 Å². The zero-order valence-corrected chi connectivity index (χ0v) is 20.1. The van der Waals surface area contributed by atoms with E-state index in [0.717, 1.165) is 10.2 Å². The van der Waals surface area contributed by atoms with Crippen LogP contribution in [0.3, 0.4) is 0 Å². The maximum Gasteiger partial charge on any atom is 0.260 e. The summed E-state index contributed by atoms with van der Waals surface area (Å²) in [6.07, 6.45) is 0. The molecule has 1 aromatic heterocycles. The third-order valence-corrected chi connectivity index (χ3v) is 5.72. The van der Waals surface area contributed by atoms with E-state index in [4.69, 9.17) is 32.7 Å². The molecule has 0 aliphatic carbocycles. The van der Waals surface area contributed by atoms with Gasteiger partial charge in [-0.3, -0.25) is 9.69 Å². The van der Waals surface area contributed by atoms with Crippen molar-refractivity contribution in [2.24, 2.45) is 0 Å². The van der Waals surface area contributed by atoms with E-state index in [-0.39, 0.29) is 18.3 Å². The first-order chi connectivity index (χ1) is 13.8. The molecule has 0 fully saturated rings. The Labute approximate surface area is 195 Å². The topological polar surface area (TPSA) is 54.9 Å². The van der Waals surface area contributed by atoms with Crippen molar-refractivity contribution >= 4 is 68.2 Å². The molecule has 30 heavy (non-hydrogen) atoms. The highest BCUT2D eigenvalue weighted by Gasteiger charge is 2.23. The molecule has 0 N–H and O–H groups in total. The number of likely N-dealkylation sites (N-methyl/N-ethyl adjacent to an activating group) is 1. The van der Waals surface area contributed by atoms with Gasteiger partial charge in [-0.15, -0.1) is 12.4 Å². The Hall–Kier alpha value is -1.77. The van der Waals surface area contributed by atoms with Gasteiger partial charge in [0.05, 0.1) is 24.4 Å². The summed E-state index contributed by atoms with van der Waals surface area (Å²) >= 11 is 13.6. The van der Waals surface area contributed by atoms with Crippen LogP contribution < -0.4 is 14.4 Å². The molecule has 0 unspecified atom stereocenters. The first kappa shape index (κ1) is 24.5. The number of rotatable bonds is 7. The first-order valence-corrected chi connectivity index (χ1v) is 10.3. The predicted octanol–water partition coefficient (Wildman–Crippen LogP) is 5.25. The normalized spacial score (nSPS) is 10.8. The monoisotopic (exact) mass is 489 g/mol. The fourth-order valence-corrected chi connectivity index (χ4v) is 4.30. The standard InChI is InChI=1S/C20H21Cl2N3O3S.ClH/c1-24(2)5-6-25(19(26)12-7-13(21)9-14(22)8-12)20-23-15-10-16(27-3)17(28-4)11-18(15)29-20;/h7-11H,5-6H2,1-4H3;1H. The fourth-order valence-electron chi connectivity index (χ4n) is 2.78. The maximum absolute atomic E-state index is 13.3. The minimum absolute atomic E-state index is 0. The van der Waals surface area contributed by atoms with Crippen molar-refractivity contribution in [1.29, 1.82) is 0 Å². The molecule has 0 bridgehead atoms. The number of ether oxygens (including phenoxy) is 2. The third-order valence-electron chi connectivity index (χ3n) is 4.24. The van der Waals surface area contributed by atoms with Gasteiger partial charge in [-0.05, 0) is 32.3 Å². The number of methoxy groups -OCH3 is 2. The maximum atomic E-state index is 13.3. The number of hydrogen-bond acceptors (Lipinski definition) is 6. The number of halogens is 3. The Morgan fingerprint density at radius 1 is 1.00 bits per heavy atom. The van der Waals surface area contributed by atoms with Crippen molar-refractivity contribution in [1.82, 2.24) is 9.88 Å². The molecule has 3 rings (SSSR count). The van der Waals surface area contributed by atoms with Crippen LogP contribution in [0.2, 0.25) is 10.0 Å². The lowest BCUT2D eigenvalue weighted by Crippen LogP contribution is -2.36. The van der Waals surface area contributed by atoms with Crippen LogP contribution in [0.15, 0.2) is 30.3 Å². The largest absolute Gasteiger partial charge is 0.493 e. The van der Waals surface area contributed by atoms with E-state index in [9.17, 15) is 4.79 Å². The highest BCUT2D eigenvalue weighted by molar-refractivity contribution is 7.22. The van der Waals surface area contributed by atoms with Crippen LogP contribution in [-0.4, -0.2) is 57.2 Å². The van der Waals surface area contributed by atoms with Crippen LogP contribution in [0, 0.1) is 0 Å². The molecule has 1 heterocycles. The Kier molecular flexibility index (Phi) is 8.58. The number of carbonyl (C=O) groups is 1. The Balaban J connectivity index is 0.00000320. The van der Waals surface area contributed by atoms with Crippen LogP contribution in [0.5, 0.6) is 11.5 Å². The Bertz CT molecular complexity index is 982. The molecule has 10 heteroatoms. The van der Waals surface area contributed by atoms with Crippen molar-refractivity contribution in [2.45, 2.75) is 0 Å². The summed E-state index contributed by atoms with van der Waals surface area (Å²) in [4.78, 5) is 21.6. The fraction of sp³-hybridized carbons (Fsp3) is 0.300. The summed E-state index contributed by atoms with van der Waals surface area (Å²) in [5.41, 5.74) is 1.14. The number of nitrogens with zero attached hydrogens (tertiary/aromatic N) is 3. The molecule has 162 valence electrons. The van der Waals surface area contributed by atoms with Gasteiger partial charge in [-0.1, -0.05) is 34.5 Å². The van der Waals surface area contributed by atoms with Gasteiger partial charge in [0.2, 0.25) is 0 Å². The predicted molar refractivity (Wildman–Crippen MR) is 127 cm³/mol. The SMILES string of the molecule is COc1cc2nc(N(CCN(C)C)C(=O)c3cc(Cl)cc(Cl)c3)sc2cc1OC.Cl. The summed E-state index contributed by atoms with van der Waals surface area (Å²) in [5, 5.41) is 1.40. The third kappa shape index (κ3) is 5.47. The van der Waals surface area contributed by atoms with Crippen molar-refractivity contribution in [3.05, 3.63) is 45.9 Å². The second kappa shape index (κ2) is 10.5. The van der Waals surface area contributed by atoms with Gasteiger partial charge < -0.3 is 14.4 Å². The van der Waals surface area contributed by atoms with Gasteiger partial charge >= 0.3 is 0 Å². The molecular formula is C20H22Cl3N3O3S. The van der Waals surface area contributed by atoms with Gasteiger partial charge in [0.25, 0.3) is 5.91 Å². The van der Waals surface area contributed by atoms with Crippen molar-refractivity contribution in [2.75, 3.05) is 46.3 Å². The van der Waals surface area contributed by atoms with Gasteiger partial charge in [-0.25, -0.2) is 4.98 Å². The van der Waals surface area contributed by atoms with Crippen molar-refractivity contribution < 1.29 is 14.3 Å². The second-order valence-corrected chi connectivity index (χ2v) is 8.47. The molecule has 2 aromatic carbocycles. The number of anilines is 1. The van der Waals surface area contributed by atoms with Crippen LogP contribution in [0.25, 0.3) is 10.2 Å². The van der Waals surface area contributed by atoms with Crippen molar-refractivity contribution in [3.8, 4) is 11.5 Å². The molecule has 0 atom stereocenters. The summed E-state index contributed by atoms with van der Waals surface area (Å²) in [6.45, 7) is 1.13. The Morgan fingerprint density at radius 2 is 1.60 bits per heavy atom. The number of hydrogen-bond donors (Lipinski definition) is 0. The average Bonchev–Trinajstić information content (AvgIpc) is 3.08. The van der Waals surface area contributed by atoms with E-state index in [1.54, 1.807) is 43.4 Å². The molecule has 0 spiro atoms. The van der Waals surface area contributed by atoms with Gasteiger partial charge in [0, 0.05) is 40.8 Å². The molecule has 0 aliphatic heterocycles. The van der Waals surface area contributed by atoms with Crippen LogP contribution in [0.4, 0.5) is 5.13 Å². The smallest absolute Gasteiger partial charge is 0.260 e. The molecule has 0 aliphatic rings. The number of amides is 1. The molecule has 1 amide bonds. The second-order valence-electron chi connectivity index (χ2n) is 6.59. The lowest BCUT2D eigenvalue weighted by molar-refractivity contribution is 0.0985. The highest BCUT2D eigenvalue weighted by atomic mass is 35.5. The molecular weight excluding hydrogens is 469 g/mol. The number of benzene rings is 2.